The Morgan fingerprint density at radius 2 is 2.04 bits per heavy atom. The highest BCUT2D eigenvalue weighted by Crippen LogP contribution is 2.27. The SMILES string of the molecule is Cc1cccc(OCCN2C(=O)N[C@](C)(c3ccccn3)C2=O)c1. The van der Waals surface area contributed by atoms with Gasteiger partial charge in [0.1, 0.15) is 12.4 Å². The lowest BCUT2D eigenvalue weighted by Crippen LogP contribution is -2.42. The predicted molar refractivity (Wildman–Crippen MR) is 88.5 cm³/mol. The Bertz CT molecular complexity index is 763. The van der Waals surface area contributed by atoms with Crippen LogP contribution in [0.3, 0.4) is 0 Å². The normalized spacial score (nSPS) is 20.2. The summed E-state index contributed by atoms with van der Waals surface area (Å²) in [6.07, 6.45) is 1.60. The zero-order chi connectivity index (χ0) is 17.2. The molecule has 1 atom stereocenters. The Morgan fingerprint density at radius 1 is 1.21 bits per heavy atom. The van der Waals surface area contributed by atoms with Crippen molar-refractivity contribution in [1.29, 1.82) is 0 Å². The Hall–Kier alpha value is -2.89. The maximum atomic E-state index is 12.7. The largest absolute Gasteiger partial charge is 0.492 e. The summed E-state index contributed by atoms with van der Waals surface area (Å²) in [4.78, 5) is 30.2. The maximum absolute atomic E-state index is 12.7. The van der Waals surface area contributed by atoms with Crippen LogP contribution in [0.15, 0.2) is 48.7 Å². The number of nitrogens with zero attached hydrogens (tertiary/aromatic N) is 2. The van der Waals surface area contributed by atoms with Crippen LogP contribution >= 0.6 is 0 Å². The second-order valence-corrected chi connectivity index (χ2v) is 5.89. The summed E-state index contributed by atoms with van der Waals surface area (Å²) >= 11 is 0. The van der Waals surface area contributed by atoms with E-state index in [1.807, 2.05) is 31.2 Å². The van der Waals surface area contributed by atoms with Crippen LogP contribution in [0.5, 0.6) is 5.75 Å². The molecular formula is C18H19N3O3. The van der Waals surface area contributed by atoms with Gasteiger partial charge in [0.15, 0.2) is 5.54 Å². The van der Waals surface area contributed by atoms with Crippen molar-refractivity contribution in [3.8, 4) is 5.75 Å². The topological polar surface area (TPSA) is 71.5 Å². The monoisotopic (exact) mass is 325 g/mol. The van der Waals surface area contributed by atoms with E-state index in [-0.39, 0.29) is 19.1 Å². The third-order valence-corrected chi connectivity index (χ3v) is 4.03. The average Bonchev–Trinajstić information content (AvgIpc) is 2.80. The molecular weight excluding hydrogens is 306 g/mol. The number of nitrogens with one attached hydrogen (secondary N) is 1. The van der Waals surface area contributed by atoms with Crippen molar-refractivity contribution in [3.05, 3.63) is 59.9 Å². The van der Waals surface area contributed by atoms with E-state index in [0.717, 1.165) is 11.3 Å². The predicted octanol–water partition coefficient (Wildman–Crippen LogP) is 2.24. The van der Waals surface area contributed by atoms with Gasteiger partial charge in [-0.3, -0.25) is 14.7 Å². The van der Waals surface area contributed by atoms with Crippen molar-refractivity contribution in [2.24, 2.45) is 0 Å². The number of imide groups is 1. The van der Waals surface area contributed by atoms with Crippen LogP contribution in [0.2, 0.25) is 0 Å². The molecule has 1 N–H and O–H groups in total. The minimum absolute atomic E-state index is 0.182. The number of ether oxygens (including phenoxy) is 1. The van der Waals surface area contributed by atoms with E-state index in [2.05, 4.69) is 10.3 Å². The van der Waals surface area contributed by atoms with E-state index in [1.165, 1.54) is 4.90 Å². The standard InChI is InChI=1S/C18H19N3O3/c1-13-6-5-7-14(12-13)24-11-10-21-16(22)18(2,20-17(21)23)15-8-3-4-9-19-15/h3-9,12H,10-11H2,1-2H3,(H,20,23)/t18-/m1/s1. The lowest BCUT2D eigenvalue weighted by Gasteiger charge is -2.20. The van der Waals surface area contributed by atoms with Gasteiger partial charge >= 0.3 is 6.03 Å². The summed E-state index contributed by atoms with van der Waals surface area (Å²) in [5.41, 5.74) is 0.470. The third kappa shape index (κ3) is 2.95. The summed E-state index contributed by atoms with van der Waals surface area (Å²) in [5, 5.41) is 2.72. The molecule has 6 nitrogen and oxygen atoms in total. The first-order chi connectivity index (χ1) is 11.5. The van der Waals surface area contributed by atoms with Gasteiger partial charge in [0, 0.05) is 6.20 Å². The number of aryl methyl sites for hydroxylation is 1. The number of benzene rings is 1. The zero-order valence-electron chi connectivity index (χ0n) is 13.7. The average molecular weight is 325 g/mol. The highest BCUT2D eigenvalue weighted by atomic mass is 16.5. The van der Waals surface area contributed by atoms with Crippen molar-refractivity contribution < 1.29 is 14.3 Å². The number of pyridine rings is 1. The zero-order valence-corrected chi connectivity index (χ0v) is 13.7. The molecule has 0 saturated carbocycles. The lowest BCUT2D eigenvalue weighted by molar-refractivity contribution is -0.131. The number of hydrogen-bond acceptors (Lipinski definition) is 4. The van der Waals surface area contributed by atoms with E-state index in [4.69, 9.17) is 4.74 Å². The molecule has 2 aromatic rings. The van der Waals surface area contributed by atoms with Gasteiger partial charge < -0.3 is 10.1 Å². The number of urea groups is 1. The van der Waals surface area contributed by atoms with Crippen LogP contribution in [-0.2, 0) is 10.3 Å². The van der Waals surface area contributed by atoms with E-state index < -0.39 is 11.6 Å². The van der Waals surface area contributed by atoms with Crippen LogP contribution in [0.4, 0.5) is 4.79 Å². The van der Waals surface area contributed by atoms with E-state index >= 15 is 0 Å². The van der Waals surface area contributed by atoms with Gasteiger partial charge in [-0.25, -0.2) is 4.79 Å². The molecule has 3 rings (SSSR count). The van der Waals surface area contributed by atoms with Crippen molar-refractivity contribution in [2.45, 2.75) is 19.4 Å². The van der Waals surface area contributed by atoms with Crippen LogP contribution in [0.1, 0.15) is 18.2 Å². The van der Waals surface area contributed by atoms with Crippen molar-refractivity contribution in [3.63, 3.8) is 0 Å². The minimum Gasteiger partial charge on any atom is -0.492 e. The highest BCUT2D eigenvalue weighted by Gasteiger charge is 2.49. The molecule has 24 heavy (non-hydrogen) atoms. The van der Waals surface area contributed by atoms with Crippen LogP contribution in [0.25, 0.3) is 0 Å². The second kappa shape index (κ2) is 6.31. The molecule has 1 aromatic carbocycles. The Kier molecular flexibility index (Phi) is 4.20. The number of carbonyl (C=O) groups excluding carboxylic acids is 2. The van der Waals surface area contributed by atoms with Crippen LogP contribution in [-0.4, -0.2) is 35.0 Å². The summed E-state index contributed by atoms with van der Waals surface area (Å²) in [5.74, 6) is 0.397. The summed E-state index contributed by atoms with van der Waals surface area (Å²) in [6, 6.07) is 12.5. The first kappa shape index (κ1) is 16.0. The quantitative estimate of drug-likeness (QED) is 0.856. The fraction of sp³-hybridized carbons (Fsp3) is 0.278. The minimum atomic E-state index is -1.14. The molecule has 124 valence electrons. The number of carbonyl (C=O) groups is 2. The van der Waals surface area contributed by atoms with E-state index in [1.54, 1.807) is 31.3 Å². The molecule has 0 spiro atoms. The first-order valence-corrected chi connectivity index (χ1v) is 7.76. The van der Waals surface area contributed by atoms with Crippen molar-refractivity contribution in [2.75, 3.05) is 13.2 Å². The molecule has 1 aliphatic rings. The summed E-state index contributed by atoms with van der Waals surface area (Å²) < 4.78 is 5.63. The van der Waals surface area contributed by atoms with Gasteiger partial charge in [-0.2, -0.15) is 0 Å². The second-order valence-electron chi connectivity index (χ2n) is 5.89. The van der Waals surface area contributed by atoms with Gasteiger partial charge in [0.25, 0.3) is 5.91 Å². The summed E-state index contributed by atoms with van der Waals surface area (Å²) in [6.45, 7) is 4.06. The fourth-order valence-corrected chi connectivity index (χ4v) is 2.69. The van der Waals surface area contributed by atoms with Crippen molar-refractivity contribution in [1.82, 2.24) is 15.2 Å². The van der Waals surface area contributed by atoms with Crippen LogP contribution in [0, 0.1) is 6.92 Å². The number of hydrogen-bond donors (Lipinski definition) is 1. The Labute approximate surface area is 140 Å². The highest BCUT2D eigenvalue weighted by molar-refractivity contribution is 6.06. The molecule has 1 aromatic heterocycles. The van der Waals surface area contributed by atoms with Crippen LogP contribution < -0.4 is 10.1 Å². The van der Waals surface area contributed by atoms with Gasteiger partial charge in [-0.15, -0.1) is 0 Å². The first-order valence-electron chi connectivity index (χ1n) is 7.76. The third-order valence-electron chi connectivity index (χ3n) is 4.03. The smallest absolute Gasteiger partial charge is 0.325 e. The molecule has 1 saturated heterocycles. The van der Waals surface area contributed by atoms with Gasteiger partial charge in [-0.05, 0) is 43.7 Å². The Balaban J connectivity index is 1.67. The van der Waals surface area contributed by atoms with Gasteiger partial charge in [0.2, 0.25) is 0 Å². The van der Waals surface area contributed by atoms with Gasteiger partial charge in [-0.1, -0.05) is 18.2 Å². The molecule has 0 unspecified atom stereocenters. The molecule has 0 radical (unpaired) electrons. The molecule has 2 heterocycles. The molecule has 1 aliphatic heterocycles. The van der Waals surface area contributed by atoms with E-state index in [0.29, 0.717) is 5.69 Å². The van der Waals surface area contributed by atoms with Crippen molar-refractivity contribution >= 4 is 11.9 Å². The number of rotatable bonds is 5. The summed E-state index contributed by atoms with van der Waals surface area (Å²) in [7, 11) is 0. The number of aromatic nitrogens is 1. The molecule has 0 bridgehead atoms. The lowest BCUT2D eigenvalue weighted by atomic mass is 9.97. The Morgan fingerprint density at radius 3 is 2.75 bits per heavy atom. The molecule has 0 aliphatic carbocycles. The van der Waals surface area contributed by atoms with Gasteiger partial charge in [0.05, 0.1) is 12.2 Å². The molecule has 1 fully saturated rings. The molecule has 3 amide bonds. The van der Waals surface area contributed by atoms with E-state index in [9.17, 15) is 9.59 Å². The maximum Gasteiger partial charge on any atom is 0.325 e. The fourth-order valence-electron chi connectivity index (χ4n) is 2.69. The number of amides is 3. The molecule has 6 heteroatoms.